The molecule has 0 spiro atoms. The third kappa shape index (κ3) is 5.27. The second-order valence-corrected chi connectivity index (χ2v) is 5.55. The van der Waals surface area contributed by atoms with Crippen molar-refractivity contribution in [2.24, 2.45) is 0 Å². The van der Waals surface area contributed by atoms with Crippen LogP contribution in [0.4, 0.5) is 10.1 Å². The van der Waals surface area contributed by atoms with E-state index >= 15 is 0 Å². The van der Waals surface area contributed by atoms with Crippen molar-refractivity contribution in [2.75, 3.05) is 5.32 Å². The zero-order valence-electron chi connectivity index (χ0n) is 13.9. The Morgan fingerprint density at radius 3 is 2.73 bits per heavy atom. The second kappa shape index (κ2) is 8.58. The van der Waals surface area contributed by atoms with E-state index in [-0.39, 0.29) is 11.7 Å². The quantitative estimate of drug-likeness (QED) is 0.670. The van der Waals surface area contributed by atoms with Crippen molar-refractivity contribution >= 4 is 17.7 Å². The van der Waals surface area contributed by atoms with Crippen molar-refractivity contribution in [1.82, 2.24) is 4.98 Å². The number of carbonyl (C=O) groups is 1. The molecule has 26 heavy (non-hydrogen) atoms. The number of nitrogens with one attached hydrogen (secondary N) is 1. The first-order valence-corrected chi connectivity index (χ1v) is 8.05. The number of anilines is 1. The summed E-state index contributed by atoms with van der Waals surface area (Å²) in [6.45, 7) is 0.399. The number of ether oxygens (including phenoxy) is 1. The topological polar surface area (TPSA) is 51.2 Å². The van der Waals surface area contributed by atoms with Gasteiger partial charge in [0.1, 0.15) is 18.2 Å². The van der Waals surface area contributed by atoms with Crippen molar-refractivity contribution < 1.29 is 13.9 Å². The first-order valence-electron chi connectivity index (χ1n) is 8.05. The Bertz CT molecular complexity index is 893. The minimum Gasteiger partial charge on any atom is -0.489 e. The van der Waals surface area contributed by atoms with Gasteiger partial charge in [0, 0.05) is 35.8 Å². The predicted octanol–water partition coefficient (Wildman–Crippen LogP) is 4.45. The maximum absolute atomic E-state index is 12.9. The van der Waals surface area contributed by atoms with Crippen molar-refractivity contribution in [3.05, 3.63) is 96.1 Å². The van der Waals surface area contributed by atoms with Crippen molar-refractivity contribution in [1.29, 1.82) is 0 Å². The smallest absolute Gasteiger partial charge is 0.248 e. The predicted molar refractivity (Wildman–Crippen MR) is 99.1 cm³/mol. The van der Waals surface area contributed by atoms with Crippen LogP contribution in [0.5, 0.6) is 5.75 Å². The fourth-order valence-corrected chi connectivity index (χ4v) is 2.24. The number of halogens is 1. The minimum atomic E-state index is -0.310. The van der Waals surface area contributed by atoms with E-state index < -0.39 is 0 Å². The molecule has 0 bridgehead atoms. The molecule has 0 aliphatic rings. The average Bonchev–Trinajstić information content (AvgIpc) is 2.67. The summed E-state index contributed by atoms with van der Waals surface area (Å²) in [4.78, 5) is 16.1. The number of amides is 1. The molecule has 4 nitrogen and oxygen atoms in total. The van der Waals surface area contributed by atoms with Crippen LogP contribution in [0, 0.1) is 5.82 Å². The van der Waals surface area contributed by atoms with Crippen molar-refractivity contribution in [3.8, 4) is 5.75 Å². The molecule has 1 amide bonds. The molecular formula is C21H17FN2O2. The van der Waals surface area contributed by atoms with E-state index in [2.05, 4.69) is 10.3 Å². The largest absolute Gasteiger partial charge is 0.489 e. The van der Waals surface area contributed by atoms with Crippen LogP contribution in [-0.2, 0) is 11.4 Å². The number of benzene rings is 2. The summed E-state index contributed by atoms with van der Waals surface area (Å²) in [6.07, 6.45) is 6.47. The van der Waals surface area contributed by atoms with Crippen LogP contribution in [0.3, 0.4) is 0 Å². The number of pyridine rings is 1. The zero-order valence-corrected chi connectivity index (χ0v) is 13.9. The van der Waals surface area contributed by atoms with E-state index in [4.69, 9.17) is 4.74 Å². The van der Waals surface area contributed by atoms with Gasteiger partial charge >= 0.3 is 0 Å². The molecule has 130 valence electrons. The van der Waals surface area contributed by atoms with E-state index in [9.17, 15) is 9.18 Å². The number of hydrogen-bond donors (Lipinski definition) is 1. The Labute approximate surface area is 151 Å². The molecule has 1 heterocycles. The van der Waals surface area contributed by atoms with Crippen LogP contribution < -0.4 is 10.1 Å². The van der Waals surface area contributed by atoms with Gasteiger partial charge < -0.3 is 10.1 Å². The van der Waals surface area contributed by atoms with Gasteiger partial charge in [-0.15, -0.1) is 0 Å². The molecular weight excluding hydrogens is 331 g/mol. The van der Waals surface area contributed by atoms with Crippen LogP contribution >= 0.6 is 0 Å². The molecule has 1 N–H and O–H groups in total. The standard InChI is InChI=1S/C21H17FN2O2/c22-18-9-6-16(7-10-18)8-11-21(25)24-19-4-1-5-20(13-19)26-15-17-3-2-12-23-14-17/h1-14H,15H2,(H,24,25)/b11-8+. The third-order valence-corrected chi connectivity index (χ3v) is 3.53. The van der Waals surface area contributed by atoms with E-state index in [0.717, 1.165) is 11.1 Å². The molecule has 0 saturated carbocycles. The number of carbonyl (C=O) groups excluding carboxylic acids is 1. The Morgan fingerprint density at radius 1 is 1.12 bits per heavy atom. The van der Waals surface area contributed by atoms with Gasteiger partial charge in [-0.2, -0.15) is 0 Å². The van der Waals surface area contributed by atoms with Crippen LogP contribution in [0.1, 0.15) is 11.1 Å². The van der Waals surface area contributed by atoms with Gasteiger partial charge in [0.25, 0.3) is 0 Å². The third-order valence-electron chi connectivity index (χ3n) is 3.53. The van der Waals surface area contributed by atoms with Gasteiger partial charge in [0.15, 0.2) is 0 Å². The summed E-state index contributed by atoms with van der Waals surface area (Å²) in [7, 11) is 0. The fraction of sp³-hybridized carbons (Fsp3) is 0.0476. The number of hydrogen-bond acceptors (Lipinski definition) is 3. The lowest BCUT2D eigenvalue weighted by Crippen LogP contribution is -2.07. The lowest BCUT2D eigenvalue weighted by atomic mass is 10.2. The van der Waals surface area contributed by atoms with Gasteiger partial charge in [0.05, 0.1) is 0 Å². The van der Waals surface area contributed by atoms with Crippen LogP contribution in [0.15, 0.2) is 79.1 Å². The van der Waals surface area contributed by atoms with Crippen molar-refractivity contribution in [2.45, 2.75) is 6.61 Å². The molecule has 0 fully saturated rings. The van der Waals surface area contributed by atoms with Gasteiger partial charge in [-0.25, -0.2) is 4.39 Å². The minimum absolute atomic E-state index is 0.279. The lowest BCUT2D eigenvalue weighted by molar-refractivity contribution is -0.111. The molecule has 0 radical (unpaired) electrons. The summed E-state index contributed by atoms with van der Waals surface area (Å²) in [5.74, 6) is 0.0580. The first-order chi connectivity index (χ1) is 12.7. The van der Waals surface area contributed by atoms with E-state index in [1.54, 1.807) is 48.8 Å². The van der Waals surface area contributed by atoms with E-state index in [0.29, 0.717) is 18.0 Å². The van der Waals surface area contributed by atoms with E-state index in [1.807, 2.05) is 18.2 Å². The molecule has 5 heteroatoms. The number of rotatable bonds is 6. The SMILES string of the molecule is O=C(/C=C/c1ccc(F)cc1)Nc1cccc(OCc2cccnc2)c1. The summed E-state index contributed by atoms with van der Waals surface area (Å²) in [5.41, 5.74) is 2.33. The molecule has 1 aromatic heterocycles. The zero-order chi connectivity index (χ0) is 18.2. The van der Waals surface area contributed by atoms with Gasteiger partial charge in [-0.3, -0.25) is 9.78 Å². The Morgan fingerprint density at radius 2 is 1.96 bits per heavy atom. The first kappa shape index (κ1) is 17.4. The molecule has 3 rings (SSSR count). The number of nitrogens with zero attached hydrogens (tertiary/aromatic N) is 1. The van der Waals surface area contributed by atoms with Crippen molar-refractivity contribution in [3.63, 3.8) is 0 Å². The fourth-order valence-electron chi connectivity index (χ4n) is 2.24. The van der Waals surface area contributed by atoms with Crippen LogP contribution in [0.2, 0.25) is 0 Å². The van der Waals surface area contributed by atoms with Crippen LogP contribution in [0.25, 0.3) is 6.08 Å². The Hall–Kier alpha value is -3.47. The molecule has 0 atom stereocenters. The van der Waals surface area contributed by atoms with Gasteiger partial charge in [-0.1, -0.05) is 24.3 Å². The summed E-state index contributed by atoms with van der Waals surface area (Å²) < 4.78 is 18.6. The Kier molecular flexibility index (Phi) is 5.72. The number of aromatic nitrogens is 1. The highest BCUT2D eigenvalue weighted by atomic mass is 19.1. The lowest BCUT2D eigenvalue weighted by Gasteiger charge is -2.08. The average molecular weight is 348 g/mol. The summed E-state index contributed by atoms with van der Waals surface area (Å²) >= 11 is 0. The second-order valence-electron chi connectivity index (χ2n) is 5.55. The van der Waals surface area contributed by atoms with E-state index in [1.165, 1.54) is 18.2 Å². The highest BCUT2D eigenvalue weighted by Gasteiger charge is 2.01. The maximum atomic E-state index is 12.9. The monoisotopic (exact) mass is 348 g/mol. The molecule has 2 aromatic carbocycles. The molecule has 3 aromatic rings. The normalized spacial score (nSPS) is 10.7. The summed E-state index contributed by atoms with van der Waals surface area (Å²) in [6, 6.07) is 16.8. The molecule has 0 aliphatic carbocycles. The molecule has 0 aliphatic heterocycles. The molecule has 0 unspecified atom stereocenters. The highest BCUT2D eigenvalue weighted by molar-refractivity contribution is 6.02. The Balaban J connectivity index is 1.57. The summed E-state index contributed by atoms with van der Waals surface area (Å²) in [5, 5.41) is 2.77. The van der Waals surface area contributed by atoms with Gasteiger partial charge in [0.2, 0.25) is 5.91 Å². The molecule has 0 saturated heterocycles. The van der Waals surface area contributed by atoms with Crippen LogP contribution in [-0.4, -0.2) is 10.9 Å². The maximum Gasteiger partial charge on any atom is 0.248 e. The highest BCUT2D eigenvalue weighted by Crippen LogP contribution is 2.18. The van der Waals surface area contributed by atoms with Gasteiger partial charge in [-0.05, 0) is 42.0 Å².